The van der Waals surface area contributed by atoms with Gasteiger partial charge in [-0.15, -0.1) is 0 Å². The number of fused-ring (bicyclic) bond motifs is 3. The van der Waals surface area contributed by atoms with Crippen molar-refractivity contribution in [2.75, 3.05) is 0 Å². The number of rotatable bonds is 2. The molecule has 0 saturated carbocycles. The van der Waals surface area contributed by atoms with Crippen LogP contribution in [0.1, 0.15) is 5.56 Å². The summed E-state index contributed by atoms with van der Waals surface area (Å²) in [5.74, 6) is -1.89. The van der Waals surface area contributed by atoms with E-state index in [-0.39, 0.29) is 5.57 Å². The van der Waals surface area contributed by atoms with Gasteiger partial charge in [0.25, 0.3) is 5.78 Å². The maximum Gasteiger partial charge on any atom is 0.377 e. The molecule has 98 valence electrons. The fourth-order valence-electron chi connectivity index (χ4n) is 2.22. The van der Waals surface area contributed by atoms with Crippen LogP contribution in [-0.4, -0.2) is 16.9 Å². The molecule has 2 aromatic rings. The molecule has 4 nitrogen and oxygen atoms in total. The van der Waals surface area contributed by atoms with Gasteiger partial charge in [0.2, 0.25) is 0 Å². The summed E-state index contributed by atoms with van der Waals surface area (Å²) in [6.45, 7) is 0. The molecule has 0 saturated heterocycles. The second kappa shape index (κ2) is 4.66. The molecule has 1 aliphatic rings. The molecule has 2 aromatic carbocycles. The lowest BCUT2D eigenvalue weighted by Crippen LogP contribution is -2.15. The molecule has 0 bridgehead atoms. The zero-order chi connectivity index (χ0) is 14.1. The molecule has 0 amide bonds. The Hall–Kier alpha value is -2.88. The summed E-state index contributed by atoms with van der Waals surface area (Å²) in [6.07, 6.45) is 1.21. The lowest BCUT2D eigenvalue weighted by Gasteiger charge is -2.08. The van der Waals surface area contributed by atoms with Crippen LogP contribution in [0.3, 0.4) is 0 Å². The van der Waals surface area contributed by atoms with Crippen molar-refractivity contribution in [1.82, 2.24) is 0 Å². The summed E-state index contributed by atoms with van der Waals surface area (Å²) in [6, 6.07) is 14.5. The number of carbonyl (C=O) groups excluding carboxylic acids is 1. The smallest absolute Gasteiger partial charge is 0.377 e. The van der Waals surface area contributed by atoms with Crippen molar-refractivity contribution in [3.8, 4) is 16.9 Å². The largest absolute Gasteiger partial charge is 0.475 e. The van der Waals surface area contributed by atoms with Crippen molar-refractivity contribution in [3.05, 3.63) is 60.4 Å². The second-order valence-corrected chi connectivity index (χ2v) is 4.33. The normalized spacial score (nSPS) is 12.3. The van der Waals surface area contributed by atoms with Crippen molar-refractivity contribution in [3.63, 3.8) is 0 Å². The molecule has 0 radical (unpaired) electrons. The van der Waals surface area contributed by atoms with Crippen LogP contribution in [0.25, 0.3) is 16.7 Å². The topological polar surface area (TPSA) is 63.6 Å². The maximum absolute atomic E-state index is 11.8. The van der Waals surface area contributed by atoms with E-state index in [1.54, 1.807) is 18.2 Å². The molecule has 0 aliphatic carbocycles. The second-order valence-electron chi connectivity index (χ2n) is 4.33. The lowest BCUT2D eigenvalue weighted by atomic mass is 9.93. The Kier molecular flexibility index (Phi) is 2.84. The molecule has 1 heterocycles. The number of hydrogen-bond donors (Lipinski definition) is 1. The average molecular weight is 266 g/mol. The van der Waals surface area contributed by atoms with Crippen molar-refractivity contribution in [2.24, 2.45) is 0 Å². The van der Waals surface area contributed by atoms with E-state index in [2.05, 4.69) is 0 Å². The Morgan fingerprint density at radius 2 is 1.45 bits per heavy atom. The zero-order valence-electron chi connectivity index (χ0n) is 10.4. The molecule has 0 aromatic heterocycles. The molecular weight excluding hydrogens is 256 g/mol. The number of ketones is 1. The van der Waals surface area contributed by atoms with Gasteiger partial charge in [0.15, 0.2) is 0 Å². The van der Waals surface area contributed by atoms with Crippen molar-refractivity contribution < 1.29 is 19.4 Å². The first kappa shape index (κ1) is 12.2. The van der Waals surface area contributed by atoms with Gasteiger partial charge in [-0.05, 0) is 17.2 Å². The quantitative estimate of drug-likeness (QED) is 0.849. The highest BCUT2D eigenvalue weighted by Crippen LogP contribution is 2.38. The summed E-state index contributed by atoms with van der Waals surface area (Å²) in [7, 11) is 0. The first-order chi connectivity index (χ1) is 9.68. The predicted octanol–water partition coefficient (Wildman–Crippen LogP) is 2.74. The Labute approximate surface area is 114 Å². The zero-order valence-corrected chi connectivity index (χ0v) is 10.4. The molecule has 4 heteroatoms. The number of benzene rings is 2. The van der Waals surface area contributed by atoms with Crippen LogP contribution in [-0.2, 0) is 9.59 Å². The van der Waals surface area contributed by atoms with E-state index in [1.807, 2.05) is 30.3 Å². The number of ether oxygens (including phenoxy) is 1. The van der Waals surface area contributed by atoms with Gasteiger partial charge in [-0.2, -0.15) is 0 Å². The lowest BCUT2D eigenvalue weighted by molar-refractivity contribution is -0.146. The van der Waals surface area contributed by atoms with E-state index in [4.69, 9.17) is 9.84 Å². The maximum atomic E-state index is 11.8. The molecule has 1 aliphatic heterocycles. The summed E-state index contributed by atoms with van der Waals surface area (Å²) >= 11 is 0. The van der Waals surface area contributed by atoms with E-state index in [0.717, 1.165) is 11.1 Å². The Bertz CT molecular complexity index is 744. The number of carbonyl (C=O) groups is 2. The minimum absolute atomic E-state index is 0.0456. The highest BCUT2D eigenvalue weighted by molar-refractivity contribution is 6.51. The van der Waals surface area contributed by atoms with Crippen molar-refractivity contribution in [1.29, 1.82) is 0 Å². The van der Waals surface area contributed by atoms with E-state index in [0.29, 0.717) is 11.3 Å². The van der Waals surface area contributed by atoms with Crippen molar-refractivity contribution >= 4 is 17.3 Å². The van der Waals surface area contributed by atoms with Gasteiger partial charge in [-0.3, -0.25) is 4.79 Å². The molecule has 0 spiro atoms. The minimum Gasteiger partial charge on any atom is -0.475 e. The standard InChI is InChI=1S/C16H10O4/c17-15(16(18)19)13-9-20-14-8-4-3-7-12(14)10-5-1-2-6-11(10)13/h1-9H,(H,18,19). The fourth-order valence-corrected chi connectivity index (χ4v) is 2.22. The molecule has 0 atom stereocenters. The van der Waals surface area contributed by atoms with E-state index in [1.165, 1.54) is 6.26 Å². The Morgan fingerprint density at radius 3 is 2.15 bits per heavy atom. The number of carboxylic acids is 1. The average Bonchev–Trinajstić information content (AvgIpc) is 2.64. The van der Waals surface area contributed by atoms with Crippen LogP contribution in [0.4, 0.5) is 0 Å². The monoisotopic (exact) mass is 266 g/mol. The van der Waals surface area contributed by atoms with Gasteiger partial charge in [0, 0.05) is 5.56 Å². The summed E-state index contributed by atoms with van der Waals surface area (Å²) in [5, 5.41) is 8.92. The third kappa shape index (κ3) is 1.87. The Morgan fingerprint density at radius 1 is 0.850 bits per heavy atom. The Balaban J connectivity index is 2.26. The first-order valence-corrected chi connectivity index (χ1v) is 6.02. The molecule has 1 N–H and O–H groups in total. The molecule has 0 unspecified atom stereocenters. The van der Waals surface area contributed by atoms with Gasteiger partial charge in [-0.1, -0.05) is 42.5 Å². The number of Topliss-reactive ketones (excluding diaryl/α,β-unsaturated/α-hetero) is 1. The van der Waals surface area contributed by atoms with E-state index < -0.39 is 11.8 Å². The van der Waals surface area contributed by atoms with Gasteiger partial charge >= 0.3 is 5.97 Å². The predicted molar refractivity (Wildman–Crippen MR) is 73.1 cm³/mol. The van der Waals surface area contributed by atoms with Gasteiger partial charge < -0.3 is 9.84 Å². The van der Waals surface area contributed by atoms with E-state index >= 15 is 0 Å². The van der Waals surface area contributed by atoms with Crippen LogP contribution < -0.4 is 4.74 Å². The first-order valence-electron chi connectivity index (χ1n) is 6.02. The number of carboxylic acid groups (broad SMARTS) is 1. The SMILES string of the molecule is O=C(O)C(=O)C1=COc2ccccc2-c2ccccc21. The molecule has 0 fully saturated rings. The van der Waals surface area contributed by atoms with Crippen LogP contribution >= 0.6 is 0 Å². The number of hydrogen-bond acceptors (Lipinski definition) is 3. The van der Waals surface area contributed by atoms with Crippen LogP contribution in [0, 0.1) is 0 Å². The van der Waals surface area contributed by atoms with Crippen LogP contribution in [0.5, 0.6) is 5.75 Å². The highest BCUT2D eigenvalue weighted by Gasteiger charge is 2.25. The highest BCUT2D eigenvalue weighted by atomic mass is 16.5. The summed E-state index contributed by atoms with van der Waals surface area (Å²) in [5.41, 5.74) is 2.21. The minimum atomic E-state index is -1.50. The van der Waals surface area contributed by atoms with Gasteiger partial charge in [0.05, 0.1) is 5.57 Å². The summed E-state index contributed by atoms with van der Waals surface area (Å²) < 4.78 is 5.47. The van der Waals surface area contributed by atoms with Gasteiger partial charge in [-0.25, -0.2) is 4.79 Å². The fraction of sp³-hybridized carbons (Fsp3) is 0. The molecule has 20 heavy (non-hydrogen) atoms. The number of aliphatic carboxylic acids is 1. The number of para-hydroxylation sites is 1. The van der Waals surface area contributed by atoms with Crippen LogP contribution in [0.2, 0.25) is 0 Å². The van der Waals surface area contributed by atoms with Gasteiger partial charge in [0.1, 0.15) is 12.0 Å². The summed E-state index contributed by atoms with van der Waals surface area (Å²) in [4.78, 5) is 22.8. The van der Waals surface area contributed by atoms with E-state index in [9.17, 15) is 9.59 Å². The third-order valence-corrected chi connectivity index (χ3v) is 3.14. The molecule has 3 rings (SSSR count). The van der Waals surface area contributed by atoms with Crippen LogP contribution in [0.15, 0.2) is 54.8 Å². The third-order valence-electron chi connectivity index (χ3n) is 3.14. The van der Waals surface area contributed by atoms with Crippen molar-refractivity contribution in [2.45, 2.75) is 0 Å². The molecular formula is C16H10O4.